The van der Waals surface area contributed by atoms with Crippen LogP contribution in [0.25, 0.3) is 17.1 Å². The van der Waals surface area contributed by atoms with E-state index < -0.39 is 9.84 Å². The van der Waals surface area contributed by atoms with Crippen LogP contribution in [-0.4, -0.2) is 39.9 Å². The molecule has 2 aromatic carbocycles. The summed E-state index contributed by atoms with van der Waals surface area (Å²) in [5, 5.41) is 9.56. The zero-order valence-corrected chi connectivity index (χ0v) is 16.0. The van der Waals surface area contributed by atoms with Crippen molar-refractivity contribution in [3.05, 3.63) is 60.2 Å². The van der Waals surface area contributed by atoms with Crippen LogP contribution in [0.2, 0.25) is 0 Å². The predicted molar refractivity (Wildman–Crippen MR) is 104 cm³/mol. The molecule has 26 heavy (non-hydrogen) atoms. The summed E-state index contributed by atoms with van der Waals surface area (Å²) in [4.78, 5) is 0. The van der Waals surface area contributed by atoms with E-state index in [1.165, 1.54) is 11.8 Å². The van der Waals surface area contributed by atoms with Gasteiger partial charge in [0.15, 0.2) is 20.8 Å². The van der Waals surface area contributed by atoms with Crippen LogP contribution in [0.4, 0.5) is 0 Å². The van der Waals surface area contributed by atoms with Gasteiger partial charge in [-0.05, 0) is 31.0 Å². The number of thioether (sulfide) groups is 1. The van der Waals surface area contributed by atoms with E-state index in [-0.39, 0.29) is 16.8 Å². The Morgan fingerprint density at radius 2 is 1.88 bits per heavy atom. The van der Waals surface area contributed by atoms with E-state index in [0.717, 1.165) is 27.8 Å². The predicted octanol–water partition coefficient (Wildman–Crippen LogP) is 3.52. The first-order valence-electron chi connectivity index (χ1n) is 8.47. The normalized spacial score (nSPS) is 18.9. The Hall–Kier alpha value is -2.12. The van der Waals surface area contributed by atoms with E-state index in [1.54, 1.807) is 0 Å². The lowest BCUT2D eigenvalue weighted by Crippen LogP contribution is -2.08. The highest BCUT2D eigenvalue weighted by atomic mass is 32.2. The smallest absolute Gasteiger partial charge is 0.196 e. The van der Waals surface area contributed by atoms with Crippen LogP contribution in [0.5, 0.6) is 0 Å². The lowest BCUT2D eigenvalue weighted by molar-refractivity contribution is 0.602. The van der Waals surface area contributed by atoms with Crippen molar-refractivity contribution in [1.29, 1.82) is 0 Å². The molecule has 1 saturated heterocycles. The van der Waals surface area contributed by atoms with E-state index >= 15 is 0 Å². The van der Waals surface area contributed by atoms with Crippen LogP contribution in [0.3, 0.4) is 0 Å². The lowest BCUT2D eigenvalue weighted by atomic mass is 10.2. The summed E-state index contributed by atoms with van der Waals surface area (Å²) in [7, 11) is -2.92. The summed E-state index contributed by atoms with van der Waals surface area (Å²) >= 11 is 1.51. The van der Waals surface area contributed by atoms with Gasteiger partial charge in [0.05, 0.1) is 11.5 Å². The Bertz CT molecular complexity index is 1030. The van der Waals surface area contributed by atoms with Crippen LogP contribution in [0, 0.1) is 6.92 Å². The van der Waals surface area contributed by atoms with Gasteiger partial charge >= 0.3 is 0 Å². The summed E-state index contributed by atoms with van der Waals surface area (Å²) in [5.41, 5.74) is 3.11. The van der Waals surface area contributed by atoms with Gasteiger partial charge in [0.2, 0.25) is 0 Å². The second-order valence-electron chi connectivity index (χ2n) is 6.49. The van der Waals surface area contributed by atoms with Gasteiger partial charge < -0.3 is 0 Å². The van der Waals surface area contributed by atoms with Crippen LogP contribution < -0.4 is 0 Å². The number of nitrogens with zero attached hydrogens (tertiary/aromatic N) is 3. The summed E-state index contributed by atoms with van der Waals surface area (Å²) in [6.45, 7) is 2.05. The molecule has 1 aromatic heterocycles. The first-order valence-corrected chi connectivity index (χ1v) is 11.2. The van der Waals surface area contributed by atoms with Crippen LogP contribution in [0.15, 0.2) is 59.8 Å². The fourth-order valence-electron chi connectivity index (χ4n) is 3.12. The number of rotatable bonds is 4. The fraction of sp³-hybridized carbons (Fsp3) is 0.263. The zero-order chi connectivity index (χ0) is 18.1. The molecule has 7 heteroatoms. The van der Waals surface area contributed by atoms with Gasteiger partial charge in [-0.2, -0.15) is 0 Å². The number of aromatic nitrogens is 3. The number of aryl methyl sites for hydroxylation is 1. The molecule has 0 N–H and O–H groups in total. The number of hydrogen-bond acceptors (Lipinski definition) is 5. The highest BCUT2D eigenvalue weighted by molar-refractivity contribution is 8.01. The Kier molecular flexibility index (Phi) is 4.58. The summed E-state index contributed by atoms with van der Waals surface area (Å²) in [6, 6.07) is 18.1. The molecule has 2 heterocycles. The molecule has 0 spiro atoms. The highest BCUT2D eigenvalue weighted by Gasteiger charge is 2.30. The Morgan fingerprint density at radius 3 is 2.58 bits per heavy atom. The van der Waals surface area contributed by atoms with Gasteiger partial charge in [-0.25, -0.2) is 8.42 Å². The quantitative estimate of drug-likeness (QED) is 0.687. The van der Waals surface area contributed by atoms with Crippen LogP contribution in [-0.2, 0) is 9.84 Å². The third-order valence-corrected chi connectivity index (χ3v) is 7.58. The molecule has 4 rings (SSSR count). The summed E-state index contributed by atoms with van der Waals surface area (Å²) in [5.74, 6) is 1.23. The van der Waals surface area contributed by atoms with Gasteiger partial charge in [0.25, 0.3) is 0 Å². The van der Waals surface area contributed by atoms with E-state index in [0.29, 0.717) is 6.42 Å². The molecule has 0 saturated carbocycles. The molecule has 1 aliphatic rings. The van der Waals surface area contributed by atoms with Crippen molar-refractivity contribution in [3.63, 3.8) is 0 Å². The molecule has 0 aliphatic carbocycles. The third-order valence-electron chi connectivity index (χ3n) is 4.39. The number of sulfone groups is 1. The molecule has 1 unspecified atom stereocenters. The molecule has 1 aliphatic heterocycles. The molecular formula is C19H19N3O2S2. The van der Waals surface area contributed by atoms with Gasteiger partial charge in [0.1, 0.15) is 0 Å². The topological polar surface area (TPSA) is 64.8 Å². The monoisotopic (exact) mass is 385 g/mol. The van der Waals surface area contributed by atoms with Crippen molar-refractivity contribution >= 4 is 21.6 Å². The molecule has 1 fully saturated rings. The number of hydrogen-bond donors (Lipinski definition) is 0. The summed E-state index contributed by atoms with van der Waals surface area (Å²) < 4.78 is 25.6. The molecule has 0 radical (unpaired) electrons. The minimum atomic E-state index is -2.92. The maximum atomic E-state index is 11.8. The maximum absolute atomic E-state index is 11.8. The molecule has 0 bridgehead atoms. The van der Waals surface area contributed by atoms with Crippen molar-refractivity contribution < 1.29 is 8.42 Å². The standard InChI is InChI=1S/C19H19N3O2S2/c1-14-6-5-9-16(12-14)22-18(15-7-3-2-4-8-15)20-21-19(22)25-17-10-11-26(23,24)13-17/h2-9,12,17H,10-11,13H2,1H3. The lowest BCUT2D eigenvalue weighted by Gasteiger charge is -2.13. The fourth-order valence-corrected chi connectivity index (χ4v) is 6.63. The van der Waals surface area contributed by atoms with E-state index in [1.807, 2.05) is 60.0 Å². The second kappa shape index (κ2) is 6.89. The SMILES string of the molecule is Cc1cccc(-n2c(SC3CCS(=O)(=O)C3)nnc2-c2ccccc2)c1. The minimum Gasteiger partial charge on any atom is -0.270 e. The highest BCUT2D eigenvalue weighted by Crippen LogP contribution is 2.34. The van der Waals surface area contributed by atoms with Gasteiger partial charge in [-0.15, -0.1) is 10.2 Å². The van der Waals surface area contributed by atoms with Crippen molar-refractivity contribution in [3.8, 4) is 17.1 Å². The molecule has 0 amide bonds. The molecular weight excluding hydrogens is 366 g/mol. The van der Waals surface area contributed by atoms with E-state index in [4.69, 9.17) is 0 Å². The molecule has 1 atom stereocenters. The average molecular weight is 386 g/mol. The van der Waals surface area contributed by atoms with Gasteiger partial charge in [0, 0.05) is 16.5 Å². The molecule has 3 aromatic rings. The van der Waals surface area contributed by atoms with E-state index in [9.17, 15) is 8.42 Å². The van der Waals surface area contributed by atoms with Gasteiger partial charge in [-0.3, -0.25) is 4.57 Å². The minimum absolute atomic E-state index is 0.0244. The molecule has 5 nitrogen and oxygen atoms in total. The van der Waals surface area contributed by atoms with Crippen molar-refractivity contribution in [1.82, 2.24) is 14.8 Å². The van der Waals surface area contributed by atoms with Crippen molar-refractivity contribution in [2.24, 2.45) is 0 Å². The van der Waals surface area contributed by atoms with Gasteiger partial charge in [-0.1, -0.05) is 54.2 Å². The summed E-state index contributed by atoms with van der Waals surface area (Å²) in [6.07, 6.45) is 0.661. The maximum Gasteiger partial charge on any atom is 0.196 e. The van der Waals surface area contributed by atoms with Crippen molar-refractivity contribution in [2.75, 3.05) is 11.5 Å². The van der Waals surface area contributed by atoms with E-state index in [2.05, 4.69) is 16.3 Å². The average Bonchev–Trinajstić information content (AvgIpc) is 3.19. The molecule has 134 valence electrons. The Morgan fingerprint density at radius 1 is 1.08 bits per heavy atom. The first kappa shape index (κ1) is 17.3. The van der Waals surface area contributed by atoms with Crippen LogP contribution in [0.1, 0.15) is 12.0 Å². The van der Waals surface area contributed by atoms with Crippen LogP contribution >= 0.6 is 11.8 Å². The first-order chi connectivity index (χ1) is 12.5. The third kappa shape index (κ3) is 3.54. The largest absolute Gasteiger partial charge is 0.270 e. The van der Waals surface area contributed by atoms with Crippen molar-refractivity contribution in [2.45, 2.75) is 23.8 Å². The number of benzene rings is 2. The Balaban J connectivity index is 1.78. The second-order valence-corrected chi connectivity index (χ2v) is 9.99. The zero-order valence-electron chi connectivity index (χ0n) is 14.4. The Labute approximate surface area is 157 Å².